The SMILES string of the molecule is CCCNC(=O)[C@@H](C)N(Cc1ccccc1C)C(=O)COc1cc(C)cc(C)c1C. The standard InChI is InChI=1S/C25H34N2O3/c1-7-12-26-25(29)21(6)27(15-22-11-9-8-10-18(22)3)24(28)16-30-23-14-17(2)13-19(4)20(23)5/h8-11,13-14,21H,7,12,15-16H2,1-6H3,(H,26,29)/t21-/m1/s1. The number of rotatable bonds is 9. The summed E-state index contributed by atoms with van der Waals surface area (Å²) in [7, 11) is 0. The fourth-order valence-electron chi connectivity index (χ4n) is 3.32. The molecule has 0 unspecified atom stereocenters. The van der Waals surface area contributed by atoms with E-state index in [-0.39, 0.29) is 18.4 Å². The minimum Gasteiger partial charge on any atom is -0.483 e. The molecule has 0 aromatic heterocycles. The first-order valence-electron chi connectivity index (χ1n) is 10.6. The van der Waals surface area contributed by atoms with Crippen LogP contribution < -0.4 is 10.1 Å². The quantitative estimate of drug-likeness (QED) is 0.673. The van der Waals surface area contributed by atoms with Gasteiger partial charge in [-0.1, -0.05) is 37.3 Å². The highest BCUT2D eigenvalue weighted by atomic mass is 16.5. The number of hydrogen-bond donors (Lipinski definition) is 1. The molecule has 0 bridgehead atoms. The van der Waals surface area contributed by atoms with E-state index in [0.29, 0.717) is 18.8 Å². The van der Waals surface area contributed by atoms with Crippen molar-refractivity contribution in [1.82, 2.24) is 10.2 Å². The Labute approximate surface area is 180 Å². The van der Waals surface area contributed by atoms with Crippen molar-refractivity contribution in [3.8, 4) is 5.75 Å². The van der Waals surface area contributed by atoms with Gasteiger partial charge in [-0.15, -0.1) is 0 Å². The molecule has 30 heavy (non-hydrogen) atoms. The summed E-state index contributed by atoms with van der Waals surface area (Å²) in [6.07, 6.45) is 0.847. The molecule has 5 nitrogen and oxygen atoms in total. The van der Waals surface area contributed by atoms with Gasteiger partial charge in [0, 0.05) is 13.1 Å². The zero-order chi connectivity index (χ0) is 22.3. The highest BCUT2D eigenvalue weighted by molar-refractivity contribution is 5.88. The number of hydrogen-bond acceptors (Lipinski definition) is 3. The van der Waals surface area contributed by atoms with Crippen LogP contribution in [0.3, 0.4) is 0 Å². The van der Waals surface area contributed by atoms with Crippen LogP contribution in [0.1, 0.15) is 48.1 Å². The Bertz CT molecular complexity index is 892. The van der Waals surface area contributed by atoms with Crippen LogP contribution >= 0.6 is 0 Å². The highest BCUT2D eigenvalue weighted by Gasteiger charge is 2.26. The van der Waals surface area contributed by atoms with Gasteiger partial charge in [0.1, 0.15) is 11.8 Å². The van der Waals surface area contributed by atoms with E-state index in [2.05, 4.69) is 11.4 Å². The number of aryl methyl sites for hydroxylation is 3. The molecule has 1 N–H and O–H groups in total. The fourth-order valence-corrected chi connectivity index (χ4v) is 3.32. The molecule has 1 atom stereocenters. The highest BCUT2D eigenvalue weighted by Crippen LogP contribution is 2.23. The molecule has 0 saturated heterocycles. The van der Waals surface area contributed by atoms with Gasteiger partial charge in [-0.3, -0.25) is 9.59 Å². The van der Waals surface area contributed by atoms with Crippen molar-refractivity contribution in [1.29, 1.82) is 0 Å². The molecule has 0 heterocycles. The number of nitrogens with one attached hydrogen (secondary N) is 1. The molecule has 0 fully saturated rings. The number of nitrogens with zero attached hydrogens (tertiary/aromatic N) is 1. The van der Waals surface area contributed by atoms with E-state index < -0.39 is 6.04 Å². The molecule has 0 saturated carbocycles. The summed E-state index contributed by atoms with van der Waals surface area (Å²) in [6, 6.07) is 11.4. The summed E-state index contributed by atoms with van der Waals surface area (Å²) in [5, 5.41) is 2.89. The van der Waals surface area contributed by atoms with Gasteiger partial charge < -0.3 is 15.0 Å². The van der Waals surface area contributed by atoms with Crippen LogP contribution in [0.2, 0.25) is 0 Å². The van der Waals surface area contributed by atoms with Crippen LogP contribution in [0, 0.1) is 27.7 Å². The normalized spacial score (nSPS) is 11.7. The summed E-state index contributed by atoms with van der Waals surface area (Å²) in [4.78, 5) is 27.4. The van der Waals surface area contributed by atoms with Gasteiger partial charge in [0.05, 0.1) is 0 Å². The maximum atomic E-state index is 13.2. The lowest BCUT2D eigenvalue weighted by Crippen LogP contribution is -2.49. The van der Waals surface area contributed by atoms with Gasteiger partial charge in [0.25, 0.3) is 5.91 Å². The maximum absolute atomic E-state index is 13.2. The largest absolute Gasteiger partial charge is 0.483 e. The molecular weight excluding hydrogens is 376 g/mol. The average Bonchev–Trinajstić information content (AvgIpc) is 2.72. The third-order valence-corrected chi connectivity index (χ3v) is 5.43. The number of carbonyl (C=O) groups excluding carboxylic acids is 2. The minimum atomic E-state index is -0.590. The summed E-state index contributed by atoms with van der Waals surface area (Å²) in [6.45, 7) is 12.6. The van der Waals surface area contributed by atoms with Gasteiger partial charge in [-0.05, 0) is 74.9 Å². The Morgan fingerprint density at radius 3 is 2.43 bits per heavy atom. The second-order valence-corrected chi connectivity index (χ2v) is 7.91. The first kappa shape index (κ1) is 23.5. The molecule has 2 aromatic rings. The van der Waals surface area contributed by atoms with E-state index in [1.165, 1.54) is 0 Å². The van der Waals surface area contributed by atoms with Crippen molar-refractivity contribution in [2.24, 2.45) is 0 Å². The van der Waals surface area contributed by atoms with Crippen LogP contribution in [0.5, 0.6) is 5.75 Å². The number of carbonyl (C=O) groups is 2. The molecular formula is C25H34N2O3. The van der Waals surface area contributed by atoms with Crippen molar-refractivity contribution in [3.05, 3.63) is 64.2 Å². The van der Waals surface area contributed by atoms with Gasteiger partial charge in [-0.2, -0.15) is 0 Å². The van der Waals surface area contributed by atoms with E-state index in [4.69, 9.17) is 4.74 Å². The molecule has 5 heteroatoms. The molecule has 162 valence electrons. The van der Waals surface area contributed by atoms with Crippen LogP contribution in [-0.4, -0.2) is 35.9 Å². The third kappa shape index (κ3) is 6.09. The molecule has 0 aliphatic carbocycles. The van der Waals surface area contributed by atoms with E-state index in [0.717, 1.165) is 34.2 Å². The van der Waals surface area contributed by atoms with Crippen molar-refractivity contribution in [3.63, 3.8) is 0 Å². The second kappa shape index (κ2) is 10.8. The van der Waals surface area contributed by atoms with Gasteiger partial charge >= 0.3 is 0 Å². The Morgan fingerprint density at radius 1 is 1.07 bits per heavy atom. The molecule has 0 spiro atoms. The zero-order valence-corrected chi connectivity index (χ0v) is 19.0. The first-order valence-corrected chi connectivity index (χ1v) is 10.6. The van der Waals surface area contributed by atoms with E-state index >= 15 is 0 Å². The lowest BCUT2D eigenvalue weighted by molar-refractivity contribution is -0.142. The number of ether oxygens (including phenoxy) is 1. The Morgan fingerprint density at radius 2 is 1.77 bits per heavy atom. The van der Waals surface area contributed by atoms with Crippen LogP contribution in [0.25, 0.3) is 0 Å². The topological polar surface area (TPSA) is 58.6 Å². The molecule has 0 aliphatic rings. The summed E-state index contributed by atoms with van der Waals surface area (Å²) < 4.78 is 5.90. The molecule has 0 radical (unpaired) electrons. The number of benzene rings is 2. The van der Waals surface area contributed by atoms with Crippen LogP contribution in [0.4, 0.5) is 0 Å². The Hall–Kier alpha value is -2.82. The predicted molar refractivity (Wildman–Crippen MR) is 121 cm³/mol. The summed E-state index contributed by atoms with van der Waals surface area (Å²) in [5.74, 6) is 0.345. The number of amides is 2. The van der Waals surface area contributed by atoms with Crippen molar-refractivity contribution in [2.75, 3.05) is 13.2 Å². The third-order valence-electron chi connectivity index (χ3n) is 5.43. The van der Waals surface area contributed by atoms with Crippen molar-refractivity contribution in [2.45, 2.75) is 60.5 Å². The fraction of sp³-hybridized carbons (Fsp3) is 0.440. The van der Waals surface area contributed by atoms with Gasteiger partial charge in [0.2, 0.25) is 5.91 Å². The minimum absolute atomic E-state index is 0.110. The van der Waals surface area contributed by atoms with E-state index in [1.807, 2.05) is 65.0 Å². The van der Waals surface area contributed by atoms with Crippen LogP contribution in [0.15, 0.2) is 36.4 Å². The first-order chi connectivity index (χ1) is 14.2. The lowest BCUT2D eigenvalue weighted by Gasteiger charge is -2.29. The van der Waals surface area contributed by atoms with Crippen molar-refractivity contribution >= 4 is 11.8 Å². The Kier molecular flexibility index (Phi) is 8.46. The predicted octanol–water partition coefficient (Wildman–Crippen LogP) is 4.24. The smallest absolute Gasteiger partial charge is 0.261 e. The molecule has 2 amide bonds. The van der Waals surface area contributed by atoms with Crippen LogP contribution in [-0.2, 0) is 16.1 Å². The monoisotopic (exact) mass is 410 g/mol. The maximum Gasteiger partial charge on any atom is 0.261 e. The second-order valence-electron chi connectivity index (χ2n) is 7.91. The lowest BCUT2D eigenvalue weighted by atomic mass is 10.1. The molecule has 0 aliphatic heterocycles. The van der Waals surface area contributed by atoms with Gasteiger partial charge in [0.15, 0.2) is 6.61 Å². The van der Waals surface area contributed by atoms with Crippen molar-refractivity contribution < 1.29 is 14.3 Å². The van der Waals surface area contributed by atoms with Gasteiger partial charge in [-0.25, -0.2) is 0 Å². The van der Waals surface area contributed by atoms with E-state index in [9.17, 15) is 9.59 Å². The average molecular weight is 411 g/mol. The Balaban J connectivity index is 2.21. The van der Waals surface area contributed by atoms with E-state index in [1.54, 1.807) is 11.8 Å². The zero-order valence-electron chi connectivity index (χ0n) is 19.0. The summed E-state index contributed by atoms with van der Waals surface area (Å²) >= 11 is 0. The molecule has 2 aromatic carbocycles. The molecule has 2 rings (SSSR count). The summed E-state index contributed by atoms with van der Waals surface area (Å²) in [5.41, 5.74) is 5.34.